The van der Waals surface area contributed by atoms with Crippen LogP contribution in [0, 0.1) is 13.8 Å². The van der Waals surface area contributed by atoms with Gasteiger partial charge in [0.25, 0.3) is 5.91 Å². The lowest BCUT2D eigenvalue weighted by Gasteiger charge is -2.37. The molecule has 1 amide bonds. The topological polar surface area (TPSA) is 70.6 Å². The van der Waals surface area contributed by atoms with Crippen molar-refractivity contribution in [1.82, 2.24) is 14.8 Å². The Morgan fingerprint density at radius 3 is 2.41 bits per heavy atom. The summed E-state index contributed by atoms with van der Waals surface area (Å²) in [6.45, 7) is 6.60. The van der Waals surface area contributed by atoms with Crippen molar-refractivity contribution in [2.24, 2.45) is 0 Å². The maximum Gasteiger partial charge on any atom is 0.265 e. The Balaban J connectivity index is 1.60. The van der Waals surface area contributed by atoms with Gasteiger partial charge in [-0.3, -0.25) is 9.69 Å². The Morgan fingerprint density at radius 1 is 1.23 bits per heavy atom. The maximum atomic E-state index is 12.5. The average molecular weight is 343 g/mol. The lowest BCUT2D eigenvalue weighted by atomic mass is 10.2. The molecule has 2 saturated heterocycles. The summed E-state index contributed by atoms with van der Waals surface area (Å²) in [6.07, 6.45) is 0.726. The van der Waals surface area contributed by atoms with Gasteiger partial charge in [0, 0.05) is 32.2 Å². The van der Waals surface area contributed by atoms with E-state index in [1.54, 1.807) is 0 Å². The highest BCUT2D eigenvalue weighted by molar-refractivity contribution is 7.91. The zero-order valence-corrected chi connectivity index (χ0v) is 14.5. The highest BCUT2D eigenvalue weighted by Crippen LogP contribution is 2.22. The average Bonchev–Trinajstić information content (AvgIpc) is 3.00. The van der Waals surface area contributed by atoms with Gasteiger partial charge in [0.05, 0.1) is 22.2 Å². The molecule has 0 unspecified atom stereocenters. The Morgan fingerprint density at radius 2 is 1.91 bits per heavy atom. The summed E-state index contributed by atoms with van der Waals surface area (Å²) in [5.41, 5.74) is 0.803. The molecule has 22 heavy (non-hydrogen) atoms. The summed E-state index contributed by atoms with van der Waals surface area (Å²) < 4.78 is 23.2. The van der Waals surface area contributed by atoms with E-state index < -0.39 is 9.84 Å². The molecule has 3 rings (SSSR count). The first kappa shape index (κ1) is 15.9. The summed E-state index contributed by atoms with van der Waals surface area (Å²) in [5, 5.41) is 0.913. The van der Waals surface area contributed by atoms with Crippen LogP contribution in [0.4, 0.5) is 0 Å². The highest BCUT2D eigenvalue weighted by atomic mass is 32.2. The zero-order chi connectivity index (χ0) is 15.9. The van der Waals surface area contributed by atoms with Gasteiger partial charge in [0.15, 0.2) is 9.84 Å². The number of rotatable bonds is 2. The van der Waals surface area contributed by atoms with E-state index in [1.165, 1.54) is 11.3 Å². The number of sulfone groups is 1. The first-order chi connectivity index (χ1) is 10.4. The van der Waals surface area contributed by atoms with E-state index in [0.717, 1.165) is 35.1 Å². The van der Waals surface area contributed by atoms with E-state index >= 15 is 0 Å². The number of amides is 1. The van der Waals surface area contributed by atoms with Crippen LogP contribution in [0.25, 0.3) is 0 Å². The van der Waals surface area contributed by atoms with Crippen LogP contribution in [0.1, 0.15) is 26.8 Å². The minimum atomic E-state index is -2.85. The predicted octanol–water partition coefficient (Wildman–Crippen LogP) is 0.705. The molecule has 0 radical (unpaired) electrons. The molecule has 3 heterocycles. The summed E-state index contributed by atoms with van der Waals surface area (Å²) in [6, 6.07) is 0.134. The van der Waals surface area contributed by atoms with Gasteiger partial charge in [-0.05, 0) is 20.3 Å². The SMILES string of the molecule is Cc1nc(C)c(C(=O)N2CCN([C@H]3CCS(=O)(=O)C3)CC2)s1. The molecule has 1 aromatic rings. The Labute approximate surface area is 135 Å². The number of hydrogen-bond donors (Lipinski definition) is 0. The largest absolute Gasteiger partial charge is 0.335 e. The third-order valence-electron chi connectivity index (χ3n) is 4.42. The third-order valence-corrected chi connectivity index (χ3v) is 7.24. The first-order valence-electron chi connectivity index (χ1n) is 7.53. The van der Waals surface area contributed by atoms with Crippen LogP contribution >= 0.6 is 11.3 Å². The Hall–Kier alpha value is -0.990. The van der Waals surface area contributed by atoms with Gasteiger partial charge < -0.3 is 4.90 Å². The molecule has 2 aliphatic rings. The Kier molecular flexibility index (Phi) is 4.26. The molecule has 1 aromatic heterocycles. The minimum Gasteiger partial charge on any atom is -0.335 e. The number of piperazine rings is 1. The van der Waals surface area contributed by atoms with Gasteiger partial charge in [0.1, 0.15) is 4.88 Å². The minimum absolute atomic E-state index is 0.0572. The molecule has 2 fully saturated rings. The molecule has 6 nitrogen and oxygen atoms in total. The molecule has 0 N–H and O–H groups in total. The van der Waals surface area contributed by atoms with E-state index in [1.807, 2.05) is 18.7 Å². The molecule has 1 atom stereocenters. The molecule has 122 valence electrons. The normalized spacial score (nSPS) is 25.5. The molecule has 0 saturated carbocycles. The fourth-order valence-corrected chi connectivity index (χ4v) is 5.88. The molecule has 8 heteroatoms. The standard InChI is InChI=1S/C14H21N3O3S2/c1-10-13(21-11(2)15-10)14(18)17-6-4-16(5-7-17)12-3-8-22(19,20)9-12/h12H,3-9H2,1-2H3/t12-/m0/s1. The van der Waals surface area contributed by atoms with Crippen molar-refractivity contribution >= 4 is 27.1 Å². The van der Waals surface area contributed by atoms with Gasteiger partial charge in [-0.25, -0.2) is 13.4 Å². The lowest BCUT2D eigenvalue weighted by Crippen LogP contribution is -2.52. The summed E-state index contributed by atoms with van der Waals surface area (Å²) >= 11 is 1.45. The maximum absolute atomic E-state index is 12.5. The molecule has 0 spiro atoms. The van der Waals surface area contributed by atoms with Gasteiger partial charge in [-0.2, -0.15) is 0 Å². The number of hydrogen-bond acceptors (Lipinski definition) is 6. The van der Waals surface area contributed by atoms with Gasteiger partial charge >= 0.3 is 0 Å². The smallest absolute Gasteiger partial charge is 0.265 e. The fourth-order valence-electron chi connectivity index (χ4n) is 3.23. The quantitative estimate of drug-likeness (QED) is 0.791. The van der Waals surface area contributed by atoms with E-state index in [4.69, 9.17) is 0 Å². The Bertz CT molecular complexity index is 676. The van der Waals surface area contributed by atoms with Crippen molar-refractivity contribution in [3.05, 3.63) is 15.6 Å². The van der Waals surface area contributed by atoms with E-state index in [0.29, 0.717) is 18.8 Å². The van der Waals surface area contributed by atoms with Gasteiger partial charge in [-0.1, -0.05) is 0 Å². The van der Waals surface area contributed by atoms with Crippen LogP contribution in [0.3, 0.4) is 0 Å². The van der Waals surface area contributed by atoms with Crippen LogP contribution < -0.4 is 0 Å². The number of nitrogens with zero attached hydrogens (tertiary/aromatic N) is 3. The van der Waals surface area contributed by atoms with Crippen molar-refractivity contribution < 1.29 is 13.2 Å². The van der Waals surface area contributed by atoms with E-state index in [9.17, 15) is 13.2 Å². The van der Waals surface area contributed by atoms with Crippen LogP contribution in [0.2, 0.25) is 0 Å². The molecule has 0 aromatic carbocycles. The second-order valence-electron chi connectivity index (χ2n) is 6.03. The van der Waals surface area contributed by atoms with Crippen molar-refractivity contribution in [3.63, 3.8) is 0 Å². The third kappa shape index (κ3) is 3.18. The number of aromatic nitrogens is 1. The number of carbonyl (C=O) groups excluding carboxylic acids is 1. The number of thiazole rings is 1. The van der Waals surface area contributed by atoms with E-state index in [2.05, 4.69) is 9.88 Å². The first-order valence-corrected chi connectivity index (χ1v) is 10.2. The summed E-state index contributed by atoms with van der Waals surface area (Å²) in [4.78, 5) is 21.7. The molecule has 2 aliphatic heterocycles. The zero-order valence-electron chi connectivity index (χ0n) is 12.9. The van der Waals surface area contributed by atoms with Gasteiger partial charge in [0.2, 0.25) is 0 Å². The van der Waals surface area contributed by atoms with E-state index in [-0.39, 0.29) is 17.7 Å². The van der Waals surface area contributed by atoms with Crippen LogP contribution in [-0.2, 0) is 9.84 Å². The van der Waals surface area contributed by atoms with Crippen molar-refractivity contribution in [2.45, 2.75) is 26.3 Å². The summed E-state index contributed by atoms with van der Waals surface area (Å²) in [7, 11) is -2.85. The van der Waals surface area contributed by atoms with Gasteiger partial charge in [-0.15, -0.1) is 11.3 Å². The second kappa shape index (κ2) is 5.90. The van der Waals surface area contributed by atoms with Crippen LogP contribution in [0.15, 0.2) is 0 Å². The molecule has 0 aliphatic carbocycles. The van der Waals surface area contributed by atoms with Crippen LogP contribution in [-0.4, -0.2) is 72.8 Å². The summed E-state index contributed by atoms with van der Waals surface area (Å²) in [5.74, 6) is 0.631. The van der Waals surface area contributed by atoms with Crippen LogP contribution in [0.5, 0.6) is 0 Å². The highest BCUT2D eigenvalue weighted by Gasteiger charge is 2.34. The molecular formula is C14H21N3O3S2. The number of carbonyl (C=O) groups is 1. The van der Waals surface area contributed by atoms with Crippen molar-refractivity contribution in [3.8, 4) is 0 Å². The lowest BCUT2D eigenvalue weighted by molar-refractivity contribution is 0.0591. The molecule has 0 bridgehead atoms. The monoisotopic (exact) mass is 343 g/mol. The fraction of sp³-hybridized carbons (Fsp3) is 0.714. The number of aryl methyl sites for hydroxylation is 2. The predicted molar refractivity (Wildman–Crippen MR) is 86.1 cm³/mol. The molecular weight excluding hydrogens is 322 g/mol. The van der Waals surface area contributed by atoms with Crippen molar-refractivity contribution in [1.29, 1.82) is 0 Å². The second-order valence-corrected chi connectivity index (χ2v) is 9.46. The van der Waals surface area contributed by atoms with Crippen molar-refractivity contribution in [2.75, 3.05) is 37.7 Å².